The van der Waals surface area contributed by atoms with Crippen LogP contribution in [0.15, 0.2) is 47.7 Å². The quantitative estimate of drug-likeness (QED) is 0.839. The average Bonchev–Trinajstić information content (AvgIpc) is 2.59. The normalized spacial score (nSPS) is 21.5. The minimum Gasteiger partial charge on any atom is -0.370 e. The van der Waals surface area contributed by atoms with E-state index in [-0.39, 0.29) is 0 Å². The van der Waals surface area contributed by atoms with Gasteiger partial charge in [0.1, 0.15) is 6.17 Å². The number of aromatic nitrogens is 1. The van der Waals surface area contributed by atoms with E-state index in [1.165, 1.54) is 0 Å². The summed E-state index contributed by atoms with van der Waals surface area (Å²) in [4.78, 5) is 10.3. The van der Waals surface area contributed by atoms with Crippen LogP contribution in [0.3, 0.4) is 0 Å². The van der Waals surface area contributed by atoms with Crippen molar-refractivity contribution in [1.29, 1.82) is 0 Å². The highest BCUT2D eigenvalue weighted by molar-refractivity contribution is 6.31. The number of likely N-dealkylation sites (N-methyl/N-ethyl adjacent to an activating group) is 1. The Bertz CT molecular complexity index is 689. The summed E-state index contributed by atoms with van der Waals surface area (Å²) in [6, 6.07) is 9.19. The van der Waals surface area contributed by atoms with Gasteiger partial charge in [0.2, 0.25) is 0 Å². The Morgan fingerprint density at radius 2 is 2.14 bits per heavy atom. The number of aliphatic imine (C=N–C) groups is 1. The van der Waals surface area contributed by atoms with E-state index in [4.69, 9.17) is 17.3 Å². The monoisotopic (exact) mass is 302 g/mol. The van der Waals surface area contributed by atoms with Crippen molar-refractivity contribution in [3.05, 3.63) is 58.9 Å². The van der Waals surface area contributed by atoms with Crippen molar-refractivity contribution in [2.24, 2.45) is 10.7 Å². The second-order valence-electron chi connectivity index (χ2n) is 4.90. The number of hydrogen-bond donors (Lipinski definition) is 2. The molecule has 2 atom stereocenters. The van der Waals surface area contributed by atoms with Gasteiger partial charge in [-0.25, -0.2) is 0 Å². The van der Waals surface area contributed by atoms with Crippen LogP contribution in [0.4, 0.5) is 5.69 Å². The molecule has 0 fully saturated rings. The summed E-state index contributed by atoms with van der Waals surface area (Å²) >= 11 is 6.12. The number of nitrogens with zero attached hydrogens (tertiary/aromatic N) is 3. The number of hydrogen-bond acceptors (Lipinski definition) is 5. The van der Waals surface area contributed by atoms with Gasteiger partial charge in [0, 0.05) is 41.3 Å². The maximum atomic E-state index is 10.3. The van der Waals surface area contributed by atoms with Crippen LogP contribution in [-0.2, 0) is 0 Å². The summed E-state index contributed by atoms with van der Waals surface area (Å²) in [5, 5.41) is 10.9. The molecule has 2 unspecified atom stereocenters. The molecule has 3 N–H and O–H groups in total. The number of anilines is 1. The molecule has 0 saturated heterocycles. The number of fused-ring (bicyclic) bond motifs is 1. The van der Waals surface area contributed by atoms with Crippen LogP contribution in [0.25, 0.3) is 0 Å². The van der Waals surface area contributed by atoms with Crippen LogP contribution in [0.2, 0.25) is 5.02 Å². The van der Waals surface area contributed by atoms with Crippen molar-refractivity contribution in [2.75, 3.05) is 11.9 Å². The van der Waals surface area contributed by atoms with Gasteiger partial charge in [-0.2, -0.15) is 0 Å². The lowest BCUT2D eigenvalue weighted by Gasteiger charge is -2.27. The van der Waals surface area contributed by atoms with Gasteiger partial charge in [-0.05, 0) is 30.3 Å². The first-order valence-electron chi connectivity index (χ1n) is 6.52. The van der Waals surface area contributed by atoms with Gasteiger partial charge in [0.25, 0.3) is 0 Å². The highest BCUT2D eigenvalue weighted by Crippen LogP contribution is 2.30. The number of aliphatic hydroxyl groups is 1. The van der Waals surface area contributed by atoms with E-state index < -0.39 is 12.4 Å². The van der Waals surface area contributed by atoms with E-state index in [1.807, 2.05) is 24.3 Å². The Balaban J connectivity index is 2.25. The minimum absolute atomic E-state index is 0.601. The molecule has 0 radical (unpaired) electrons. The minimum atomic E-state index is -0.904. The third kappa shape index (κ3) is 2.51. The van der Waals surface area contributed by atoms with Gasteiger partial charge in [0.05, 0.1) is 5.71 Å². The maximum Gasteiger partial charge on any atom is 0.162 e. The van der Waals surface area contributed by atoms with E-state index in [2.05, 4.69) is 9.98 Å². The molecule has 108 valence electrons. The lowest BCUT2D eigenvalue weighted by molar-refractivity contribution is 0.149. The molecule has 0 saturated carbocycles. The summed E-state index contributed by atoms with van der Waals surface area (Å²) < 4.78 is 0. The first-order valence-corrected chi connectivity index (χ1v) is 6.90. The lowest BCUT2D eigenvalue weighted by Crippen LogP contribution is -2.44. The van der Waals surface area contributed by atoms with Crippen LogP contribution in [-0.4, -0.2) is 35.2 Å². The summed E-state index contributed by atoms with van der Waals surface area (Å²) in [6.07, 6.45) is 1.75. The van der Waals surface area contributed by atoms with Gasteiger partial charge in [0.15, 0.2) is 6.23 Å². The molecule has 1 aromatic heterocycles. The lowest BCUT2D eigenvalue weighted by atomic mass is 10.0. The van der Waals surface area contributed by atoms with Crippen molar-refractivity contribution in [3.8, 4) is 0 Å². The van der Waals surface area contributed by atoms with Crippen LogP contribution in [0.5, 0.6) is 0 Å². The van der Waals surface area contributed by atoms with Gasteiger partial charge in [-0.15, -0.1) is 0 Å². The van der Waals surface area contributed by atoms with Gasteiger partial charge in [-0.3, -0.25) is 9.98 Å². The molecular formula is C15H15ClN4O. The van der Waals surface area contributed by atoms with Crippen LogP contribution < -0.4 is 10.6 Å². The molecule has 0 amide bonds. The standard InChI is InChI=1S/C15H15ClN4O/c1-20-12-5-4-10(16)7-11(12)13(19-14(17)15(20)21)9-3-2-6-18-8-9/h2-8,14-15,21H,17H2,1H3. The zero-order valence-electron chi connectivity index (χ0n) is 11.4. The average molecular weight is 303 g/mol. The van der Waals surface area contributed by atoms with E-state index in [0.29, 0.717) is 10.7 Å². The summed E-state index contributed by atoms with van der Waals surface area (Å²) in [6.45, 7) is 0. The number of halogens is 1. The van der Waals surface area contributed by atoms with Gasteiger partial charge in [-0.1, -0.05) is 11.6 Å². The molecule has 6 heteroatoms. The summed E-state index contributed by atoms with van der Waals surface area (Å²) in [7, 11) is 1.78. The molecular weight excluding hydrogens is 288 g/mol. The Labute approximate surface area is 127 Å². The predicted octanol–water partition coefficient (Wildman–Crippen LogP) is 1.63. The van der Waals surface area contributed by atoms with Crippen LogP contribution in [0.1, 0.15) is 11.1 Å². The van der Waals surface area contributed by atoms with Crippen molar-refractivity contribution in [2.45, 2.75) is 12.4 Å². The molecule has 5 nitrogen and oxygen atoms in total. The van der Waals surface area contributed by atoms with E-state index in [1.54, 1.807) is 30.4 Å². The largest absolute Gasteiger partial charge is 0.370 e. The molecule has 1 aliphatic heterocycles. The molecule has 1 aliphatic rings. The van der Waals surface area contributed by atoms with Crippen molar-refractivity contribution in [1.82, 2.24) is 4.98 Å². The second kappa shape index (κ2) is 5.44. The van der Waals surface area contributed by atoms with E-state index in [0.717, 1.165) is 16.8 Å². The first-order chi connectivity index (χ1) is 10.1. The second-order valence-corrected chi connectivity index (χ2v) is 5.33. The summed E-state index contributed by atoms with van der Waals surface area (Å²) in [5.41, 5.74) is 9.14. The van der Waals surface area contributed by atoms with Crippen molar-refractivity contribution in [3.63, 3.8) is 0 Å². The van der Waals surface area contributed by atoms with Crippen molar-refractivity contribution >= 4 is 23.0 Å². The molecule has 0 bridgehead atoms. The van der Waals surface area contributed by atoms with E-state index in [9.17, 15) is 5.11 Å². The Morgan fingerprint density at radius 3 is 2.86 bits per heavy atom. The summed E-state index contributed by atoms with van der Waals surface area (Å²) in [5.74, 6) is 0. The number of pyridine rings is 1. The highest BCUT2D eigenvalue weighted by Gasteiger charge is 2.28. The fraction of sp³-hybridized carbons (Fsp3) is 0.200. The number of rotatable bonds is 1. The van der Waals surface area contributed by atoms with E-state index >= 15 is 0 Å². The van der Waals surface area contributed by atoms with Gasteiger partial charge < -0.3 is 15.7 Å². The molecule has 2 heterocycles. The van der Waals surface area contributed by atoms with Crippen LogP contribution >= 0.6 is 11.6 Å². The molecule has 0 spiro atoms. The molecule has 2 aromatic rings. The fourth-order valence-corrected chi connectivity index (χ4v) is 2.57. The highest BCUT2D eigenvalue weighted by atomic mass is 35.5. The Morgan fingerprint density at radius 1 is 1.33 bits per heavy atom. The SMILES string of the molecule is CN1c2ccc(Cl)cc2C(c2cccnc2)=NC(N)C1O. The molecule has 0 aliphatic carbocycles. The number of benzene rings is 1. The van der Waals surface area contributed by atoms with Crippen LogP contribution in [0, 0.1) is 0 Å². The smallest absolute Gasteiger partial charge is 0.162 e. The Kier molecular flexibility index (Phi) is 3.63. The number of aliphatic hydroxyl groups excluding tert-OH is 1. The third-order valence-corrected chi connectivity index (χ3v) is 3.74. The molecule has 1 aromatic carbocycles. The third-order valence-electron chi connectivity index (χ3n) is 3.51. The Hall–Kier alpha value is -1.95. The molecule has 3 rings (SSSR count). The first kappa shape index (κ1) is 14.0. The van der Waals surface area contributed by atoms with Crippen molar-refractivity contribution < 1.29 is 5.11 Å². The fourth-order valence-electron chi connectivity index (χ4n) is 2.40. The number of benzodiazepines with no additional fused rings is 1. The predicted molar refractivity (Wildman–Crippen MR) is 83.7 cm³/mol. The zero-order valence-corrected chi connectivity index (χ0v) is 12.2. The zero-order chi connectivity index (χ0) is 15.0. The van der Waals surface area contributed by atoms with Gasteiger partial charge >= 0.3 is 0 Å². The maximum absolute atomic E-state index is 10.3. The molecule has 21 heavy (non-hydrogen) atoms. The number of nitrogens with two attached hydrogens (primary N) is 1. The topological polar surface area (TPSA) is 74.7 Å².